The maximum absolute atomic E-state index is 12.2. The van der Waals surface area contributed by atoms with Gasteiger partial charge in [0, 0.05) is 12.7 Å². The lowest BCUT2D eigenvalue weighted by atomic mass is 10.1. The third-order valence-electron chi connectivity index (χ3n) is 3.81. The van der Waals surface area contributed by atoms with E-state index < -0.39 is 0 Å². The molecule has 1 N–H and O–H groups in total. The van der Waals surface area contributed by atoms with Gasteiger partial charge >= 0.3 is 0 Å². The number of carbonyl (C=O) groups excluding carboxylic acids is 2. The first-order chi connectivity index (χ1) is 11.0. The molecule has 2 aromatic carbocycles. The van der Waals surface area contributed by atoms with Crippen molar-refractivity contribution in [3.8, 4) is 0 Å². The van der Waals surface area contributed by atoms with Gasteiger partial charge in [-0.2, -0.15) is 0 Å². The van der Waals surface area contributed by atoms with Crippen LogP contribution in [-0.4, -0.2) is 18.9 Å². The van der Waals surface area contributed by atoms with Gasteiger partial charge < -0.3 is 10.2 Å². The number of rotatable bonds is 3. The molecule has 23 heavy (non-hydrogen) atoms. The minimum Gasteiger partial charge on any atom is -0.323 e. The first-order valence-electron chi connectivity index (χ1n) is 7.08. The SMILES string of the molecule is CN1C(=O)Cc2cc(CC(=O)Nc3c(Cl)cccc3Cl)ccc21. The topological polar surface area (TPSA) is 49.4 Å². The molecule has 1 aliphatic rings. The van der Waals surface area contributed by atoms with Crippen molar-refractivity contribution in [1.29, 1.82) is 0 Å². The van der Waals surface area contributed by atoms with Crippen LogP contribution in [0.1, 0.15) is 11.1 Å². The molecule has 6 heteroatoms. The molecular formula is C17H14Cl2N2O2. The molecule has 0 atom stereocenters. The standard InChI is InChI=1S/C17H14Cl2N2O2/c1-21-14-6-5-10(7-11(14)9-16(21)23)8-15(22)20-17-12(18)3-2-4-13(17)19/h2-7H,8-9H2,1H3,(H,20,22). The quantitative estimate of drug-likeness (QED) is 0.919. The number of amides is 2. The van der Waals surface area contributed by atoms with Crippen molar-refractivity contribution < 1.29 is 9.59 Å². The molecule has 0 saturated heterocycles. The van der Waals surface area contributed by atoms with Crippen molar-refractivity contribution in [3.63, 3.8) is 0 Å². The number of fused-ring (bicyclic) bond motifs is 1. The van der Waals surface area contributed by atoms with Crippen LogP contribution in [0.25, 0.3) is 0 Å². The van der Waals surface area contributed by atoms with Gasteiger partial charge in [0.25, 0.3) is 0 Å². The van der Waals surface area contributed by atoms with Crippen molar-refractivity contribution in [3.05, 3.63) is 57.6 Å². The van der Waals surface area contributed by atoms with Crippen LogP contribution in [0.15, 0.2) is 36.4 Å². The van der Waals surface area contributed by atoms with Gasteiger partial charge in [0.1, 0.15) is 0 Å². The minimum atomic E-state index is -0.211. The maximum atomic E-state index is 12.2. The average molecular weight is 349 g/mol. The molecule has 0 fully saturated rings. The summed E-state index contributed by atoms with van der Waals surface area (Å²) in [4.78, 5) is 25.5. The predicted molar refractivity (Wildman–Crippen MR) is 92.4 cm³/mol. The summed E-state index contributed by atoms with van der Waals surface area (Å²) in [5, 5.41) is 3.52. The highest BCUT2D eigenvalue weighted by molar-refractivity contribution is 6.39. The molecule has 0 aliphatic carbocycles. The van der Waals surface area contributed by atoms with Crippen LogP contribution in [-0.2, 0) is 22.4 Å². The number of likely N-dealkylation sites (N-methyl/N-ethyl adjacent to an activating group) is 1. The molecule has 0 unspecified atom stereocenters. The molecule has 0 saturated carbocycles. The monoisotopic (exact) mass is 348 g/mol. The van der Waals surface area contributed by atoms with E-state index in [1.54, 1.807) is 30.1 Å². The van der Waals surface area contributed by atoms with Gasteiger partial charge in [0.05, 0.1) is 28.6 Å². The van der Waals surface area contributed by atoms with Crippen LogP contribution in [0, 0.1) is 0 Å². The Labute approximate surface area is 144 Å². The lowest BCUT2D eigenvalue weighted by Gasteiger charge is -2.11. The summed E-state index contributed by atoms with van der Waals surface area (Å²) in [5.41, 5.74) is 3.09. The summed E-state index contributed by atoms with van der Waals surface area (Å²) < 4.78 is 0. The highest BCUT2D eigenvalue weighted by atomic mass is 35.5. The summed E-state index contributed by atoms with van der Waals surface area (Å²) in [6, 6.07) is 10.7. The highest BCUT2D eigenvalue weighted by Gasteiger charge is 2.24. The lowest BCUT2D eigenvalue weighted by Crippen LogP contribution is -2.20. The third kappa shape index (κ3) is 3.19. The Hall–Kier alpha value is -2.04. The van der Waals surface area contributed by atoms with Crippen molar-refractivity contribution in [1.82, 2.24) is 0 Å². The molecule has 0 radical (unpaired) electrons. The minimum absolute atomic E-state index is 0.0597. The number of para-hydroxylation sites is 1. The Balaban J connectivity index is 1.74. The highest BCUT2D eigenvalue weighted by Crippen LogP contribution is 2.31. The van der Waals surface area contributed by atoms with Gasteiger partial charge in [-0.05, 0) is 29.3 Å². The van der Waals surface area contributed by atoms with E-state index >= 15 is 0 Å². The number of anilines is 2. The van der Waals surface area contributed by atoms with Crippen molar-refractivity contribution in [2.45, 2.75) is 12.8 Å². The Bertz CT molecular complexity index is 785. The Morgan fingerprint density at radius 2 is 1.91 bits per heavy atom. The fraction of sp³-hybridized carbons (Fsp3) is 0.176. The first-order valence-corrected chi connectivity index (χ1v) is 7.83. The second-order valence-electron chi connectivity index (χ2n) is 5.41. The zero-order valence-electron chi connectivity index (χ0n) is 12.4. The van der Waals surface area contributed by atoms with Gasteiger partial charge in [-0.25, -0.2) is 0 Å². The first kappa shape index (κ1) is 15.8. The van der Waals surface area contributed by atoms with E-state index in [9.17, 15) is 9.59 Å². The second kappa shape index (κ2) is 6.22. The summed E-state index contributed by atoms with van der Waals surface area (Å²) in [5.74, 6) is -0.151. The zero-order chi connectivity index (χ0) is 16.6. The van der Waals surface area contributed by atoms with Crippen LogP contribution in [0.2, 0.25) is 10.0 Å². The fourth-order valence-corrected chi connectivity index (χ4v) is 3.11. The Morgan fingerprint density at radius 1 is 1.22 bits per heavy atom. The van der Waals surface area contributed by atoms with E-state index in [0.717, 1.165) is 16.8 Å². The molecule has 1 heterocycles. The number of halogens is 2. The number of nitrogens with zero attached hydrogens (tertiary/aromatic N) is 1. The maximum Gasteiger partial charge on any atom is 0.231 e. The number of nitrogens with one attached hydrogen (secondary N) is 1. The van der Waals surface area contributed by atoms with Crippen LogP contribution in [0.3, 0.4) is 0 Å². The molecule has 3 rings (SSSR count). The molecule has 1 aliphatic heterocycles. The summed E-state index contributed by atoms with van der Waals surface area (Å²) in [7, 11) is 1.75. The van der Waals surface area contributed by atoms with Gasteiger partial charge in [-0.15, -0.1) is 0 Å². The smallest absolute Gasteiger partial charge is 0.231 e. The van der Waals surface area contributed by atoms with Crippen LogP contribution in [0.4, 0.5) is 11.4 Å². The molecule has 2 aromatic rings. The summed E-state index contributed by atoms with van der Waals surface area (Å²) in [6.45, 7) is 0. The normalized spacial score (nSPS) is 13.2. The molecule has 118 valence electrons. The van der Waals surface area contributed by atoms with Crippen LogP contribution >= 0.6 is 23.2 Å². The van der Waals surface area contributed by atoms with E-state index in [1.807, 2.05) is 18.2 Å². The second-order valence-corrected chi connectivity index (χ2v) is 6.23. The van der Waals surface area contributed by atoms with Crippen molar-refractivity contribution >= 4 is 46.4 Å². The zero-order valence-corrected chi connectivity index (χ0v) is 13.9. The van der Waals surface area contributed by atoms with E-state index in [2.05, 4.69) is 5.32 Å². The van der Waals surface area contributed by atoms with Crippen molar-refractivity contribution in [2.75, 3.05) is 17.3 Å². The number of hydrogen-bond acceptors (Lipinski definition) is 2. The van der Waals surface area contributed by atoms with Gasteiger partial charge in [0.15, 0.2) is 0 Å². The molecular weight excluding hydrogens is 335 g/mol. The fourth-order valence-electron chi connectivity index (χ4n) is 2.62. The molecule has 0 bridgehead atoms. The van der Waals surface area contributed by atoms with E-state index in [0.29, 0.717) is 22.2 Å². The Kier molecular flexibility index (Phi) is 4.28. The molecule has 4 nitrogen and oxygen atoms in total. The van der Waals surface area contributed by atoms with Gasteiger partial charge in [-0.1, -0.05) is 41.4 Å². The summed E-state index contributed by atoms with van der Waals surface area (Å²) >= 11 is 12.1. The van der Waals surface area contributed by atoms with Gasteiger partial charge in [-0.3, -0.25) is 9.59 Å². The lowest BCUT2D eigenvalue weighted by molar-refractivity contribution is -0.117. The Morgan fingerprint density at radius 3 is 2.61 bits per heavy atom. The van der Waals surface area contributed by atoms with Gasteiger partial charge in [0.2, 0.25) is 11.8 Å². The number of benzene rings is 2. The van der Waals surface area contributed by atoms with E-state index in [4.69, 9.17) is 23.2 Å². The molecule has 0 aromatic heterocycles. The van der Waals surface area contributed by atoms with E-state index in [1.165, 1.54) is 0 Å². The predicted octanol–water partition coefficient (Wildman–Crippen LogP) is 3.69. The largest absolute Gasteiger partial charge is 0.323 e. The summed E-state index contributed by atoms with van der Waals surface area (Å²) in [6.07, 6.45) is 0.560. The van der Waals surface area contributed by atoms with Crippen LogP contribution in [0.5, 0.6) is 0 Å². The van der Waals surface area contributed by atoms with Crippen molar-refractivity contribution in [2.24, 2.45) is 0 Å². The van der Waals surface area contributed by atoms with Crippen LogP contribution < -0.4 is 10.2 Å². The number of hydrogen-bond donors (Lipinski definition) is 1. The molecule has 0 spiro atoms. The third-order valence-corrected chi connectivity index (χ3v) is 4.44. The average Bonchev–Trinajstić information content (AvgIpc) is 2.78. The molecule has 2 amide bonds. The van der Waals surface area contributed by atoms with E-state index in [-0.39, 0.29) is 18.2 Å². The number of carbonyl (C=O) groups is 2.